The van der Waals surface area contributed by atoms with Crippen LogP contribution in [0.4, 0.5) is 5.82 Å². The first kappa shape index (κ1) is 13.3. The molecular formula is C12H19N3O2S. The Labute approximate surface area is 108 Å². The summed E-state index contributed by atoms with van der Waals surface area (Å²) in [5, 5.41) is -0.334. The zero-order chi connectivity index (χ0) is 13.2. The maximum Gasteiger partial charge on any atom is 0.216 e. The molecule has 0 spiro atoms. The number of nitrogens with one attached hydrogen (secondary N) is 1. The van der Waals surface area contributed by atoms with Crippen molar-refractivity contribution >= 4 is 15.8 Å². The van der Waals surface area contributed by atoms with Crippen LogP contribution < -0.4 is 9.62 Å². The molecule has 0 aliphatic carbocycles. The highest BCUT2D eigenvalue weighted by Gasteiger charge is 2.33. The predicted molar refractivity (Wildman–Crippen MR) is 72.2 cm³/mol. The van der Waals surface area contributed by atoms with Crippen molar-refractivity contribution in [3.8, 4) is 0 Å². The van der Waals surface area contributed by atoms with E-state index in [4.69, 9.17) is 0 Å². The topological polar surface area (TPSA) is 62.3 Å². The molecule has 18 heavy (non-hydrogen) atoms. The van der Waals surface area contributed by atoms with Crippen molar-refractivity contribution in [2.24, 2.45) is 0 Å². The van der Waals surface area contributed by atoms with Crippen molar-refractivity contribution in [2.75, 3.05) is 24.5 Å². The van der Waals surface area contributed by atoms with E-state index >= 15 is 0 Å². The van der Waals surface area contributed by atoms with Gasteiger partial charge in [0.1, 0.15) is 5.82 Å². The lowest BCUT2D eigenvalue weighted by Crippen LogP contribution is -2.36. The van der Waals surface area contributed by atoms with Crippen molar-refractivity contribution < 1.29 is 8.42 Å². The fraction of sp³-hybridized carbons (Fsp3) is 0.583. The van der Waals surface area contributed by atoms with Gasteiger partial charge in [0.2, 0.25) is 10.0 Å². The van der Waals surface area contributed by atoms with Crippen LogP contribution in [0.1, 0.15) is 18.9 Å². The number of anilines is 1. The molecule has 2 heterocycles. The van der Waals surface area contributed by atoms with Crippen LogP contribution in [0.5, 0.6) is 0 Å². The molecule has 0 aromatic carbocycles. The van der Waals surface area contributed by atoms with Gasteiger partial charge in [0.05, 0.1) is 5.25 Å². The zero-order valence-corrected chi connectivity index (χ0v) is 11.6. The van der Waals surface area contributed by atoms with E-state index in [-0.39, 0.29) is 5.25 Å². The largest absolute Gasteiger partial charge is 0.355 e. The van der Waals surface area contributed by atoms with E-state index in [1.807, 2.05) is 24.0 Å². The van der Waals surface area contributed by atoms with Gasteiger partial charge in [-0.3, -0.25) is 0 Å². The summed E-state index contributed by atoms with van der Waals surface area (Å²) in [7, 11) is -3.18. The van der Waals surface area contributed by atoms with E-state index in [9.17, 15) is 8.42 Å². The van der Waals surface area contributed by atoms with Crippen LogP contribution >= 0.6 is 0 Å². The maximum absolute atomic E-state index is 11.9. The molecule has 0 unspecified atom stereocenters. The average Bonchev–Trinajstić information content (AvgIpc) is 2.78. The molecule has 1 fully saturated rings. The quantitative estimate of drug-likeness (QED) is 0.882. The lowest BCUT2D eigenvalue weighted by molar-refractivity contribution is 0.571. The summed E-state index contributed by atoms with van der Waals surface area (Å²) in [6.07, 6.45) is 2.42. The summed E-state index contributed by atoms with van der Waals surface area (Å²) in [6, 6.07) is 3.93. The summed E-state index contributed by atoms with van der Waals surface area (Å²) in [6.45, 7) is 5.51. The van der Waals surface area contributed by atoms with Gasteiger partial charge < -0.3 is 4.90 Å². The summed E-state index contributed by atoms with van der Waals surface area (Å²) in [5.74, 6) is 0.865. The molecule has 1 aromatic rings. The lowest BCUT2D eigenvalue weighted by Gasteiger charge is -2.17. The first-order valence-corrected chi connectivity index (χ1v) is 7.73. The fourth-order valence-corrected chi connectivity index (χ4v) is 3.63. The molecule has 1 aliphatic heterocycles. The number of sulfonamides is 1. The van der Waals surface area contributed by atoms with Crippen molar-refractivity contribution in [1.29, 1.82) is 0 Å². The molecule has 2 rings (SSSR count). The summed E-state index contributed by atoms with van der Waals surface area (Å²) < 4.78 is 26.4. The Hall–Kier alpha value is -1.14. The summed E-state index contributed by atoms with van der Waals surface area (Å²) >= 11 is 0. The molecule has 1 saturated heterocycles. The maximum atomic E-state index is 11.9. The fourth-order valence-electron chi connectivity index (χ4n) is 2.20. The van der Waals surface area contributed by atoms with Crippen molar-refractivity contribution in [1.82, 2.24) is 9.71 Å². The Morgan fingerprint density at radius 3 is 3.00 bits per heavy atom. The Morgan fingerprint density at radius 1 is 1.56 bits per heavy atom. The van der Waals surface area contributed by atoms with Gasteiger partial charge in [-0.05, 0) is 31.0 Å². The molecule has 6 heteroatoms. The number of pyridine rings is 1. The Kier molecular flexibility index (Phi) is 3.87. The van der Waals surface area contributed by atoms with Crippen molar-refractivity contribution in [3.05, 3.63) is 23.9 Å². The molecular weight excluding hydrogens is 250 g/mol. The number of nitrogens with zero attached hydrogens (tertiary/aromatic N) is 2. The Morgan fingerprint density at radius 2 is 2.33 bits per heavy atom. The van der Waals surface area contributed by atoms with E-state index < -0.39 is 10.0 Å². The van der Waals surface area contributed by atoms with Crippen LogP contribution in [0.15, 0.2) is 18.3 Å². The van der Waals surface area contributed by atoms with Gasteiger partial charge in [0, 0.05) is 25.8 Å². The second kappa shape index (κ2) is 5.24. The lowest BCUT2D eigenvalue weighted by atomic mass is 10.3. The standard InChI is InChI=1S/C12H19N3O2S/c1-3-14-18(16,17)11-5-7-15(9-11)12-8-10(2)4-6-13-12/h4,6,8,11,14H,3,5,7,9H2,1-2H3/t11-/m0/s1. The van der Waals surface area contributed by atoms with Gasteiger partial charge in [0.25, 0.3) is 0 Å². The third kappa shape index (κ3) is 2.81. The number of rotatable bonds is 4. The van der Waals surface area contributed by atoms with Crippen molar-refractivity contribution in [3.63, 3.8) is 0 Å². The van der Waals surface area contributed by atoms with Crippen LogP contribution in [0.25, 0.3) is 0 Å². The van der Waals surface area contributed by atoms with Gasteiger partial charge in [-0.15, -0.1) is 0 Å². The molecule has 0 saturated carbocycles. The van der Waals surface area contributed by atoms with E-state index in [1.54, 1.807) is 13.1 Å². The minimum Gasteiger partial charge on any atom is -0.355 e. The summed E-state index contributed by atoms with van der Waals surface area (Å²) in [5.41, 5.74) is 1.14. The molecule has 1 N–H and O–H groups in total. The smallest absolute Gasteiger partial charge is 0.216 e. The van der Waals surface area contributed by atoms with Crippen molar-refractivity contribution in [2.45, 2.75) is 25.5 Å². The highest BCUT2D eigenvalue weighted by atomic mass is 32.2. The van der Waals surface area contributed by atoms with Crippen LogP contribution in [-0.4, -0.2) is 38.3 Å². The molecule has 5 nitrogen and oxygen atoms in total. The second-order valence-corrected chi connectivity index (χ2v) is 6.64. The first-order valence-electron chi connectivity index (χ1n) is 6.19. The van der Waals surface area contributed by atoms with E-state index in [0.717, 1.165) is 17.9 Å². The number of hydrogen-bond acceptors (Lipinski definition) is 4. The minimum absolute atomic E-state index is 0.334. The minimum atomic E-state index is -3.18. The van der Waals surface area contributed by atoms with Crippen LogP contribution in [0.2, 0.25) is 0 Å². The summed E-state index contributed by atoms with van der Waals surface area (Å²) in [4.78, 5) is 6.33. The first-order chi connectivity index (χ1) is 8.53. The van der Waals surface area contributed by atoms with E-state index in [0.29, 0.717) is 19.5 Å². The molecule has 1 aliphatic rings. The van der Waals surface area contributed by atoms with Gasteiger partial charge >= 0.3 is 0 Å². The number of aromatic nitrogens is 1. The van der Waals surface area contributed by atoms with Crippen LogP contribution in [-0.2, 0) is 10.0 Å². The highest BCUT2D eigenvalue weighted by Crippen LogP contribution is 2.22. The Bertz CT molecular complexity index is 516. The third-order valence-corrected chi connectivity index (χ3v) is 5.11. The van der Waals surface area contributed by atoms with Gasteiger partial charge in [-0.25, -0.2) is 18.1 Å². The second-order valence-electron chi connectivity index (χ2n) is 4.59. The van der Waals surface area contributed by atoms with E-state index in [1.165, 1.54) is 0 Å². The highest BCUT2D eigenvalue weighted by molar-refractivity contribution is 7.90. The number of aryl methyl sites for hydroxylation is 1. The van der Waals surface area contributed by atoms with Crippen LogP contribution in [0, 0.1) is 6.92 Å². The predicted octanol–water partition coefficient (Wildman–Crippen LogP) is 0.908. The molecule has 1 atom stereocenters. The molecule has 100 valence electrons. The molecule has 0 radical (unpaired) electrons. The molecule has 0 amide bonds. The Balaban J connectivity index is 2.09. The zero-order valence-electron chi connectivity index (χ0n) is 10.8. The average molecular weight is 269 g/mol. The third-order valence-electron chi connectivity index (χ3n) is 3.15. The SMILES string of the molecule is CCNS(=O)(=O)[C@H]1CCN(c2cc(C)ccn2)C1. The number of hydrogen-bond donors (Lipinski definition) is 1. The van der Waals surface area contributed by atoms with E-state index in [2.05, 4.69) is 9.71 Å². The molecule has 0 bridgehead atoms. The van der Waals surface area contributed by atoms with Gasteiger partial charge in [0.15, 0.2) is 0 Å². The van der Waals surface area contributed by atoms with Gasteiger partial charge in [-0.1, -0.05) is 6.92 Å². The monoisotopic (exact) mass is 269 g/mol. The molecule has 1 aromatic heterocycles. The van der Waals surface area contributed by atoms with Gasteiger partial charge in [-0.2, -0.15) is 0 Å². The van der Waals surface area contributed by atoms with Crippen LogP contribution in [0.3, 0.4) is 0 Å². The normalized spacial score (nSPS) is 20.3.